The van der Waals surface area contributed by atoms with Gasteiger partial charge in [-0.1, -0.05) is 6.92 Å². The number of piperazine rings is 1. The van der Waals surface area contributed by atoms with Gasteiger partial charge in [0, 0.05) is 44.1 Å². The zero-order chi connectivity index (χ0) is 15.1. The summed E-state index contributed by atoms with van der Waals surface area (Å²) in [6, 6.07) is 8.28. The number of benzene rings is 1. The van der Waals surface area contributed by atoms with E-state index < -0.39 is 6.10 Å². The van der Waals surface area contributed by atoms with E-state index in [1.165, 1.54) is 18.7 Å². The van der Waals surface area contributed by atoms with Gasteiger partial charge >= 0.3 is 0 Å². The Morgan fingerprint density at radius 2 is 1.81 bits per heavy atom. The van der Waals surface area contributed by atoms with Crippen LogP contribution in [0.5, 0.6) is 0 Å². The number of anilines is 2. The number of rotatable bonds is 7. The van der Waals surface area contributed by atoms with Gasteiger partial charge in [0.2, 0.25) is 0 Å². The molecule has 0 spiro atoms. The van der Waals surface area contributed by atoms with Crippen molar-refractivity contribution in [1.29, 1.82) is 0 Å². The Labute approximate surface area is 127 Å². The van der Waals surface area contributed by atoms with Gasteiger partial charge in [-0.3, -0.25) is 4.90 Å². The number of nitrogens with zero attached hydrogens (tertiary/aromatic N) is 2. The van der Waals surface area contributed by atoms with Crippen LogP contribution in [0.3, 0.4) is 0 Å². The Balaban J connectivity index is 1.82. The summed E-state index contributed by atoms with van der Waals surface area (Å²) in [5, 5.41) is 21.2. The highest BCUT2D eigenvalue weighted by Gasteiger charge is 2.16. The second-order valence-corrected chi connectivity index (χ2v) is 5.59. The Kier molecular flexibility index (Phi) is 6.29. The van der Waals surface area contributed by atoms with Gasteiger partial charge in [0.25, 0.3) is 0 Å². The Hall–Kier alpha value is -1.30. The molecule has 1 aromatic carbocycles. The fraction of sp³-hybridized carbons (Fsp3) is 0.625. The van der Waals surface area contributed by atoms with Crippen LogP contribution in [0.15, 0.2) is 24.3 Å². The zero-order valence-corrected chi connectivity index (χ0v) is 12.8. The van der Waals surface area contributed by atoms with E-state index in [0.29, 0.717) is 6.54 Å². The lowest BCUT2D eigenvalue weighted by molar-refractivity contribution is 0.105. The van der Waals surface area contributed by atoms with Gasteiger partial charge in [0.15, 0.2) is 0 Å². The third-order valence-electron chi connectivity index (χ3n) is 3.90. The van der Waals surface area contributed by atoms with Crippen molar-refractivity contribution in [3.63, 3.8) is 0 Å². The minimum absolute atomic E-state index is 0.215. The molecule has 1 fully saturated rings. The maximum absolute atomic E-state index is 9.32. The van der Waals surface area contributed by atoms with E-state index in [1.807, 2.05) is 12.1 Å². The molecule has 0 saturated carbocycles. The molecule has 1 aromatic rings. The van der Waals surface area contributed by atoms with Crippen molar-refractivity contribution < 1.29 is 10.2 Å². The van der Waals surface area contributed by atoms with E-state index in [0.717, 1.165) is 31.9 Å². The molecule has 0 radical (unpaired) electrons. The van der Waals surface area contributed by atoms with Crippen LogP contribution in [0.4, 0.5) is 11.4 Å². The molecule has 118 valence electrons. The van der Waals surface area contributed by atoms with Gasteiger partial charge < -0.3 is 20.4 Å². The average molecular weight is 293 g/mol. The standard InChI is InChI=1S/C16H27N3O2/c1-2-7-18-8-10-19(11-9-18)15-5-3-14(4-6-15)17-12-16(21)13-20/h3-6,16-17,20-21H,2,7-13H2,1H3. The summed E-state index contributed by atoms with van der Waals surface area (Å²) in [4.78, 5) is 4.93. The number of hydrogen-bond donors (Lipinski definition) is 3. The summed E-state index contributed by atoms with van der Waals surface area (Å²) < 4.78 is 0. The predicted octanol–water partition coefficient (Wildman–Crippen LogP) is 0.984. The van der Waals surface area contributed by atoms with Crippen LogP contribution in [0.1, 0.15) is 13.3 Å². The first kappa shape index (κ1) is 16.1. The van der Waals surface area contributed by atoms with Crippen LogP contribution in [0, 0.1) is 0 Å². The minimum Gasteiger partial charge on any atom is -0.394 e. The summed E-state index contributed by atoms with van der Waals surface area (Å²) in [6.45, 7) is 8.01. The second-order valence-electron chi connectivity index (χ2n) is 5.59. The molecule has 5 heteroatoms. The van der Waals surface area contributed by atoms with Gasteiger partial charge in [0.1, 0.15) is 0 Å². The molecule has 5 nitrogen and oxygen atoms in total. The Bertz CT molecular complexity index is 402. The lowest BCUT2D eigenvalue weighted by atomic mass is 10.2. The highest BCUT2D eigenvalue weighted by atomic mass is 16.3. The summed E-state index contributed by atoms with van der Waals surface area (Å²) in [5.74, 6) is 0. The molecular weight excluding hydrogens is 266 g/mol. The number of aliphatic hydroxyl groups excluding tert-OH is 2. The zero-order valence-electron chi connectivity index (χ0n) is 12.8. The molecule has 0 aromatic heterocycles. The van der Waals surface area contributed by atoms with Crippen molar-refractivity contribution in [2.24, 2.45) is 0 Å². The minimum atomic E-state index is -0.712. The molecule has 1 saturated heterocycles. The van der Waals surface area contributed by atoms with E-state index >= 15 is 0 Å². The second kappa shape index (κ2) is 8.22. The Morgan fingerprint density at radius 3 is 2.38 bits per heavy atom. The normalized spacial score (nSPS) is 17.8. The topological polar surface area (TPSA) is 59.0 Å². The molecule has 21 heavy (non-hydrogen) atoms. The summed E-state index contributed by atoms with van der Waals surface area (Å²) >= 11 is 0. The van der Waals surface area contributed by atoms with Gasteiger partial charge in [-0.2, -0.15) is 0 Å². The lowest BCUT2D eigenvalue weighted by Gasteiger charge is -2.36. The molecule has 1 unspecified atom stereocenters. The van der Waals surface area contributed by atoms with E-state index in [-0.39, 0.29) is 6.61 Å². The fourth-order valence-electron chi connectivity index (χ4n) is 2.64. The van der Waals surface area contributed by atoms with Crippen LogP contribution < -0.4 is 10.2 Å². The molecule has 2 rings (SSSR count). The summed E-state index contributed by atoms with van der Waals surface area (Å²) in [5.41, 5.74) is 2.22. The molecule has 1 aliphatic heterocycles. The van der Waals surface area contributed by atoms with Crippen LogP contribution in [-0.4, -0.2) is 67.1 Å². The van der Waals surface area contributed by atoms with Crippen LogP contribution >= 0.6 is 0 Å². The number of aliphatic hydroxyl groups is 2. The first-order chi connectivity index (χ1) is 10.2. The van der Waals surface area contributed by atoms with Crippen molar-refractivity contribution in [3.8, 4) is 0 Å². The molecule has 0 aliphatic carbocycles. The van der Waals surface area contributed by atoms with E-state index in [2.05, 4.69) is 34.2 Å². The van der Waals surface area contributed by atoms with Crippen LogP contribution in [0.2, 0.25) is 0 Å². The van der Waals surface area contributed by atoms with Crippen molar-refractivity contribution >= 4 is 11.4 Å². The lowest BCUT2D eigenvalue weighted by Crippen LogP contribution is -2.46. The number of nitrogens with one attached hydrogen (secondary N) is 1. The third-order valence-corrected chi connectivity index (χ3v) is 3.90. The van der Waals surface area contributed by atoms with Gasteiger partial charge in [-0.25, -0.2) is 0 Å². The quantitative estimate of drug-likeness (QED) is 0.700. The summed E-state index contributed by atoms with van der Waals surface area (Å²) in [6.07, 6.45) is 0.511. The third kappa shape index (κ3) is 4.88. The van der Waals surface area contributed by atoms with E-state index in [1.54, 1.807) is 0 Å². The molecule has 1 heterocycles. The molecule has 0 bridgehead atoms. The average Bonchev–Trinajstić information content (AvgIpc) is 2.54. The van der Waals surface area contributed by atoms with E-state index in [4.69, 9.17) is 5.11 Å². The molecular formula is C16H27N3O2. The SMILES string of the molecule is CCCN1CCN(c2ccc(NCC(O)CO)cc2)CC1. The Morgan fingerprint density at radius 1 is 1.14 bits per heavy atom. The maximum atomic E-state index is 9.32. The first-order valence-corrected chi connectivity index (χ1v) is 7.83. The molecule has 1 aliphatic rings. The van der Waals surface area contributed by atoms with Crippen LogP contribution in [0.25, 0.3) is 0 Å². The fourth-order valence-corrected chi connectivity index (χ4v) is 2.64. The first-order valence-electron chi connectivity index (χ1n) is 7.83. The van der Waals surface area contributed by atoms with E-state index in [9.17, 15) is 5.11 Å². The molecule has 1 atom stereocenters. The maximum Gasteiger partial charge on any atom is 0.0942 e. The monoisotopic (exact) mass is 293 g/mol. The summed E-state index contributed by atoms with van der Waals surface area (Å²) in [7, 11) is 0. The largest absolute Gasteiger partial charge is 0.394 e. The smallest absolute Gasteiger partial charge is 0.0942 e. The van der Waals surface area contributed by atoms with Gasteiger partial charge in [-0.15, -0.1) is 0 Å². The van der Waals surface area contributed by atoms with Crippen molar-refractivity contribution in [3.05, 3.63) is 24.3 Å². The predicted molar refractivity (Wildman–Crippen MR) is 87.0 cm³/mol. The van der Waals surface area contributed by atoms with Gasteiger partial charge in [0.05, 0.1) is 12.7 Å². The van der Waals surface area contributed by atoms with Crippen molar-refractivity contribution in [2.75, 3.05) is 56.1 Å². The number of hydrogen-bond acceptors (Lipinski definition) is 5. The molecule has 3 N–H and O–H groups in total. The van der Waals surface area contributed by atoms with Crippen molar-refractivity contribution in [1.82, 2.24) is 4.90 Å². The van der Waals surface area contributed by atoms with Crippen LogP contribution in [-0.2, 0) is 0 Å². The van der Waals surface area contributed by atoms with Gasteiger partial charge in [-0.05, 0) is 37.2 Å². The highest BCUT2D eigenvalue weighted by Crippen LogP contribution is 2.19. The molecule has 0 amide bonds. The van der Waals surface area contributed by atoms with Crippen molar-refractivity contribution in [2.45, 2.75) is 19.4 Å². The highest BCUT2D eigenvalue weighted by molar-refractivity contribution is 5.55.